The number of benzene rings is 1. The zero-order valence-electron chi connectivity index (χ0n) is 12.4. The minimum absolute atomic E-state index is 0.259. The van der Waals surface area contributed by atoms with Crippen LogP contribution in [0.2, 0.25) is 0 Å². The summed E-state index contributed by atoms with van der Waals surface area (Å²) in [4.78, 5) is 22.8. The predicted octanol–water partition coefficient (Wildman–Crippen LogP) is 0.464. The Labute approximate surface area is 129 Å². The molecule has 2 amide bonds. The number of amides is 2. The van der Waals surface area contributed by atoms with Crippen LogP contribution in [0, 0.1) is 0 Å². The molecule has 1 rings (SSSR count). The second-order valence-corrected chi connectivity index (χ2v) is 4.12. The summed E-state index contributed by atoms with van der Waals surface area (Å²) >= 11 is 0. The summed E-state index contributed by atoms with van der Waals surface area (Å²) < 4.78 is 10.1. The third-order valence-electron chi connectivity index (χ3n) is 2.40. The Balaban J connectivity index is 2.46. The van der Waals surface area contributed by atoms with Crippen molar-refractivity contribution in [3.05, 3.63) is 42.5 Å². The SMILES string of the molecule is C=CCOc1cccc(C=NNC(=O)C(=O)NCCOC)c1. The van der Waals surface area contributed by atoms with Gasteiger partial charge >= 0.3 is 11.8 Å². The van der Waals surface area contributed by atoms with Gasteiger partial charge in [0.05, 0.1) is 12.8 Å². The summed E-state index contributed by atoms with van der Waals surface area (Å²) in [6, 6.07) is 7.12. The summed E-state index contributed by atoms with van der Waals surface area (Å²) in [5.74, 6) is -0.948. The van der Waals surface area contributed by atoms with Gasteiger partial charge in [0.2, 0.25) is 0 Å². The zero-order chi connectivity index (χ0) is 16.2. The minimum atomic E-state index is -0.841. The van der Waals surface area contributed by atoms with Crippen LogP contribution in [0.5, 0.6) is 5.75 Å². The van der Waals surface area contributed by atoms with Crippen LogP contribution >= 0.6 is 0 Å². The molecule has 0 saturated carbocycles. The van der Waals surface area contributed by atoms with E-state index in [1.807, 2.05) is 0 Å². The van der Waals surface area contributed by atoms with E-state index in [4.69, 9.17) is 9.47 Å². The Morgan fingerprint density at radius 1 is 1.36 bits per heavy atom. The van der Waals surface area contributed by atoms with E-state index in [0.29, 0.717) is 19.0 Å². The van der Waals surface area contributed by atoms with Gasteiger partial charge in [-0.15, -0.1) is 0 Å². The smallest absolute Gasteiger partial charge is 0.329 e. The molecule has 1 aromatic carbocycles. The molecule has 1 aromatic rings. The summed E-state index contributed by atoms with van der Waals surface area (Å²) in [6.45, 7) is 4.56. The first-order valence-electron chi connectivity index (χ1n) is 6.61. The summed E-state index contributed by atoms with van der Waals surface area (Å²) in [6.07, 6.45) is 3.06. The maximum absolute atomic E-state index is 11.4. The number of hydrazone groups is 1. The van der Waals surface area contributed by atoms with Crippen molar-refractivity contribution >= 4 is 18.0 Å². The number of nitrogens with zero attached hydrogens (tertiary/aromatic N) is 1. The van der Waals surface area contributed by atoms with Crippen molar-refractivity contribution in [3.63, 3.8) is 0 Å². The molecule has 0 radical (unpaired) electrons. The lowest BCUT2D eigenvalue weighted by atomic mass is 10.2. The molecule has 7 heteroatoms. The molecule has 0 aliphatic heterocycles. The number of rotatable bonds is 8. The van der Waals surface area contributed by atoms with Gasteiger partial charge in [-0.1, -0.05) is 24.8 Å². The van der Waals surface area contributed by atoms with Crippen molar-refractivity contribution in [3.8, 4) is 5.75 Å². The van der Waals surface area contributed by atoms with Gasteiger partial charge in [-0.05, 0) is 17.7 Å². The summed E-state index contributed by atoms with van der Waals surface area (Å²) in [7, 11) is 1.50. The van der Waals surface area contributed by atoms with E-state index >= 15 is 0 Å². The molecule has 0 spiro atoms. The average molecular weight is 305 g/mol. The van der Waals surface area contributed by atoms with E-state index in [1.165, 1.54) is 13.3 Å². The highest BCUT2D eigenvalue weighted by Crippen LogP contribution is 2.11. The molecule has 0 aliphatic rings. The van der Waals surface area contributed by atoms with Crippen molar-refractivity contribution in [2.24, 2.45) is 5.10 Å². The molecule has 0 heterocycles. The largest absolute Gasteiger partial charge is 0.490 e. The van der Waals surface area contributed by atoms with Gasteiger partial charge in [0.1, 0.15) is 12.4 Å². The van der Waals surface area contributed by atoms with Gasteiger partial charge in [0.25, 0.3) is 0 Å². The van der Waals surface area contributed by atoms with Gasteiger partial charge in [-0.2, -0.15) is 5.10 Å². The fourth-order valence-corrected chi connectivity index (χ4v) is 1.40. The van der Waals surface area contributed by atoms with Crippen LogP contribution in [0.25, 0.3) is 0 Å². The van der Waals surface area contributed by atoms with Crippen LogP contribution in [0.15, 0.2) is 42.0 Å². The standard InChI is InChI=1S/C15H19N3O4/c1-3-8-22-13-6-4-5-12(10-13)11-17-18-15(20)14(19)16-7-9-21-2/h3-6,10-11H,1,7-9H2,2H3,(H,16,19)(H,18,20). The molecule has 7 nitrogen and oxygen atoms in total. The van der Waals surface area contributed by atoms with Crippen LogP contribution in [0.1, 0.15) is 5.56 Å². The maximum atomic E-state index is 11.4. The number of methoxy groups -OCH3 is 1. The van der Waals surface area contributed by atoms with E-state index in [2.05, 4.69) is 22.4 Å². The third kappa shape index (κ3) is 6.67. The third-order valence-corrected chi connectivity index (χ3v) is 2.40. The number of hydrogen-bond acceptors (Lipinski definition) is 5. The van der Waals surface area contributed by atoms with E-state index in [-0.39, 0.29) is 6.54 Å². The average Bonchev–Trinajstić information content (AvgIpc) is 2.53. The second-order valence-electron chi connectivity index (χ2n) is 4.12. The minimum Gasteiger partial charge on any atom is -0.490 e. The quantitative estimate of drug-likeness (QED) is 0.240. The van der Waals surface area contributed by atoms with E-state index in [1.54, 1.807) is 30.3 Å². The molecule has 118 valence electrons. The Hall–Kier alpha value is -2.67. The molecular weight excluding hydrogens is 286 g/mol. The Kier molecular flexibility index (Phi) is 7.99. The van der Waals surface area contributed by atoms with Gasteiger partial charge in [-0.3, -0.25) is 9.59 Å². The van der Waals surface area contributed by atoms with E-state index in [0.717, 1.165) is 5.56 Å². The lowest BCUT2D eigenvalue weighted by Crippen LogP contribution is -2.39. The fraction of sp³-hybridized carbons (Fsp3) is 0.267. The molecule has 0 unspecified atom stereocenters. The number of nitrogens with one attached hydrogen (secondary N) is 2. The van der Waals surface area contributed by atoms with E-state index < -0.39 is 11.8 Å². The normalized spacial score (nSPS) is 10.2. The molecule has 22 heavy (non-hydrogen) atoms. The summed E-state index contributed by atoms with van der Waals surface area (Å²) in [5, 5.41) is 6.10. The predicted molar refractivity (Wildman–Crippen MR) is 82.8 cm³/mol. The first-order chi connectivity index (χ1) is 10.7. The molecule has 0 saturated heterocycles. The molecule has 0 aliphatic carbocycles. The topological polar surface area (TPSA) is 89.0 Å². The van der Waals surface area contributed by atoms with Gasteiger partial charge in [-0.25, -0.2) is 5.43 Å². The molecule has 0 atom stereocenters. The number of carbonyl (C=O) groups excluding carboxylic acids is 2. The van der Waals surface area contributed by atoms with Crippen LogP contribution in [-0.4, -0.2) is 44.9 Å². The lowest BCUT2D eigenvalue weighted by molar-refractivity contribution is -0.139. The molecule has 0 fully saturated rings. The molecular formula is C15H19N3O4. The molecule has 2 N–H and O–H groups in total. The molecule has 0 bridgehead atoms. The number of ether oxygens (including phenoxy) is 2. The van der Waals surface area contributed by atoms with Gasteiger partial charge in [0, 0.05) is 13.7 Å². The lowest BCUT2D eigenvalue weighted by Gasteiger charge is -2.04. The Morgan fingerprint density at radius 3 is 2.91 bits per heavy atom. The molecule has 0 aromatic heterocycles. The number of hydrogen-bond donors (Lipinski definition) is 2. The van der Waals surface area contributed by atoms with Crippen LogP contribution in [0.4, 0.5) is 0 Å². The van der Waals surface area contributed by atoms with Crippen molar-refractivity contribution < 1.29 is 19.1 Å². The van der Waals surface area contributed by atoms with E-state index in [9.17, 15) is 9.59 Å². The highest BCUT2D eigenvalue weighted by Gasteiger charge is 2.10. The van der Waals surface area contributed by atoms with Crippen molar-refractivity contribution in [2.75, 3.05) is 26.9 Å². The first kappa shape index (κ1) is 17.4. The van der Waals surface area contributed by atoms with Crippen molar-refractivity contribution in [2.45, 2.75) is 0 Å². The monoisotopic (exact) mass is 305 g/mol. The highest BCUT2D eigenvalue weighted by atomic mass is 16.5. The van der Waals surface area contributed by atoms with Crippen molar-refractivity contribution in [1.82, 2.24) is 10.7 Å². The number of carbonyl (C=O) groups is 2. The maximum Gasteiger partial charge on any atom is 0.329 e. The first-order valence-corrected chi connectivity index (χ1v) is 6.61. The fourth-order valence-electron chi connectivity index (χ4n) is 1.40. The van der Waals surface area contributed by atoms with Crippen molar-refractivity contribution in [1.29, 1.82) is 0 Å². The highest BCUT2D eigenvalue weighted by molar-refractivity contribution is 6.35. The van der Waals surface area contributed by atoms with Gasteiger partial charge in [0.15, 0.2) is 0 Å². The summed E-state index contributed by atoms with van der Waals surface area (Å²) in [5.41, 5.74) is 2.86. The van der Waals surface area contributed by atoms with Crippen LogP contribution in [-0.2, 0) is 14.3 Å². The Bertz CT molecular complexity index is 543. The van der Waals surface area contributed by atoms with Crippen LogP contribution < -0.4 is 15.5 Å². The van der Waals surface area contributed by atoms with Crippen LogP contribution in [0.3, 0.4) is 0 Å². The zero-order valence-corrected chi connectivity index (χ0v) is 12.4. The van der Waals surface area contributed by atoms with Gasteiger partial charge < -0.3 is 14.8 Å². The second kappa shape index (κ2) is 10.1. The Morgan fingerprint density at radius 2 is 2.18 bits per heavy atom.